The Hall–Kier alpha value is -0.290. The quantitative estimate of drug-likeness (QED) is 0.547. The van der Waals surface area contributed by atoms with E-state index in [1.807, 2.05) is 6.92 Å². The van der Waals surface area contributed by atoms with Crippen LogP contribution in [0.3, 0.4) is 0 Å². The molecule has 0 N–H and O–H groups in total. The molecule has 1 fully saturated rings. The molecule has 0 aromatic carbocycles. The summed E-state index contributed by atoms with van der Waals surface area (Å²) in [6.07, 6.45) is 2.65. The van der Waals surface area contributed by atoms with E-state index in [4.69, 9.17) is 11.6 Å². The van der Waals surface area contributed by atoms with Gasteiger partial charge in [0, 0.05) is 24.9 Å². The Balaban J connectivity index is 2.50. The molecule has 0 aromatic heterocycles. The number of halogens is 1. The highest BCUT2D eigenvalue weighted by Gasteiger charge is 2.33. The van der Waals surface area contributed by atoms with Crippen LogP contribution in [0.4, 0.5) is 0 Å². The van der Waals surface area contributed by atoms with E-state index in [1.54, 1.807) is 4.90 Å². The van der Waals surface area contributed by atoms with Crippen LogP contribution >= 0.6 is 11.6 Å². The maximum absolute atomic E-state index is 11.9. The molecular formula is C11H20ClNO3S. The third-order valence-electron chi connectivity index (χ3n) is 3.08. The molecule has 0 aliphatic carbocycles. The van der Waals surface area contributed by atoms with Crippen molar-refractivity contribution in [1.29, 1.82) is 0 Å². The molecule has 0 radical (unpaired) electrons. The van der Waals surface area contributed by atoms with Crippen LogP contribution in [-0.2, 0) is 14.6 Å². The van der Waals surface area contributed by atoms with E-state index < -0.39 is 9.84 Å². The first-order chi connectivity index (χ1) is 8.00. The molecule has 1 unspecified atom stereocenters. The van der Waals surface area contributed by atoms with Crippen LogP contribution in [0, 0.1) is 0 Å². The van der Waals surface area contributed by atoms with E-state index >= 15 is 0 Å². The van der Waals surface area contributed by atoms with Crippen molar-refractivity contribution in [3.63, 3.8) is 0 Å². The van der Waals surface area contributed by atoms with E-state index in [0.29, 0.717) is 25.3 Å². The summed E-state index contributed by atoms with van der Waals surface area (Å²) in [5.74, 6) is 0.960. The monoisotopic (exact) mass is 281 g/mol. The first-order valence-corrected chi connectivity index (χ1v) is 8.41. The van der Waals surface area contributed by atoms with Crippen molar-refractivity contribution in [2.24, 2.45) is 0 Å². The second-order valence-electron chi connectivity index (χ2n) is 4.38. The predicted molar refractivity (Wildman–Crippen MR) is 69.0 cm³/mol. The third kappa shape index (κ3) is 4.47. The van der Waals surface area contributed by atoms with Crippen molar-refractivity contribution in [3.05, 3.63) is 0 Å². The van der Waals surface area contributed by atoms with E-state index in [1.165, 1.54) is 0 Å². The lowest BCUT2D eigenvalue weighted by molar-refractivity contribution is -0.132. The fourth-order valence-electron chi connectivity index (χ4n) is 2.17. The molecule has 0 spiro atoms. The summed E-state index contributed by atoms with van der Waals surface area (Å²) in [6.45, 7) is 2.48. The molecule has 1 amide bonds. The van der Waals surface area contributed by atoms with Gasteiger partial charge in [-0.25, -0.2) is 8.42 Å². The average Bonchev–Trinajstić information content (AvgIpc) is 2.60. The smallest absolute Gasteiger partial charge is 0.222 e. The highest BCUT2D eigenvalue weighted by molar-refractivity contribution is 7.91. The Labute approximate surface area is 108 Å². The zero-order chi connectivity index (χ0) is 12.9. The standard InChI is InChI=1S/C11H20ClNO3S/c1-2-13(11(14)5-3-4-7-12)10-6-8-17(15,16)9-10/h10H,2-9H2,1H3. The summed E-state index contributed by atoms with van der Waals surface area (Å²) < 4.78 is 22.8. The molecule has 4 nitrogen and oxygen atoms in total. The molecule has 0 saturated carbocycles. The lowest BCUT2D eigenvalue weighted by atomic mass is 10.1. The molecular weight excluding hydrogens is 262 g/mol. The summed E-state index contributed by atoms with van der Waals surface area (Å²) in [4.78, 5) is 13.6. The van der Waals surface area contributed by atoms with Gasteiger partial charge >= 0.3 is 0 Å². The molecule has 1 aliphatic heterocycles. The van der Waals surface area contributed by atoms with Crippen molar-refractivity contribution in [2.75, 3.05) is 23.9 Å². The first kappa shape index (κ1) is 14.8. The fraction of sp³-hybridized carbons (Fsp3) is 0.909. The molecule has 1 heterocycles. The zero-order valence-electron chi connectivity index (χ0n) is 10.2. The number of sulfone groups is 1. The second-order valence-corrected chi connectivity index (χ2v) is 6.99. The fourth-order valence-corrected chi connectivity index (χ4v) is 4.09. The van der Waals surface area contributed by atoms with E-state index in [0.717, 1.165) is 12.8 Å². The third-order valence-corrected chi connectivity index (χ3v) is 5.10. The average molecular weight is 282 g/mol. The van der Waals surface area contributed by atoms with Gasteiger partial charge < -0.3 is 4.90 Å². The second kappa shape index (κ2) is 6.59. The van der Waals surface area contributed by atoms with Crippen molar-refractivity contribution in [2.45, 2.75) is 38.6 Å². The van der Waals surface area contributed by atoms with E-state index in [2.05, 4.69) is 0 Å². The van der Waals surface area contributed by atoms with Crippen LogP contribution in [0.5, 0.6) is 0 Å². The van der Waals surface area contributed by atoms with Gasteiger partial charge in [-0.1, -0.05) is 0 Å². The molecule has 1 atom stereocenters. The van der Waals surface area contributed by atoms with Gasteiger partial charge in [0.05, 0.1) is 11.5 Å². The number of nitrogens with zero attached hydrogens (tertiary/aromatic N) is 1. The highest BCUT2D eigenvalue weighted by atomic mass is 35.5. The zero-order valence-corrected chi connectivity index (χ0v) is 11.8. The van der Waals surface area contributed by atoms with Crippen molar-refractivity contribution >= 4 is 27.3 Å². The van der Waals surface area contributed by atoms with Gasteiger partial charge in [0.1, 0.15) is 0 Å². The number of unbranched alkanes of at least 4 members (excludes halogenated alkanes) is 1. The molecule has 1 saturated heterocycles. The first-order valence-electron chi connectivity index (χ1n) is 6.06. The maximum atomic E-state index is 11.9. The van der Waals surface area contributed by atoms with Gasteiger partial charge in [0.25, 0.3) is 0 Å². The predicted octanol–water partition coefficient (Wildman–Crippen LogP) is 1.43. The van der Waals surface area contributed by atoms with Crippen LogP contribution in [0.25, 0.3) is 0 Å². The largest absolute Gasteiger partial charge is 0.339 e. The SMILES string of the molecule is CCN(C(=O)CCCCCl)C1CCS(=O)(=O)C1. The molecule has 100 valence electrons. The topological polar surface area (TPSA) is 54.5 Å². The number of rotatable bonds is 6. The van der Waals surface area contributed by atoms with Crippen molar-refractivity contribution in [3.8, 4) is 0 Å². The number of hydrogen-bond donors (Lipinski definition) is 0. The Morgan fingerprint density at radius 3 is 2.59 bits per heavy atom. The molecule has 1 rings (SSSR count). The number of carbonyl (C=O) groups is 1. The van der Waals surface area contributed by atoms with Crippen molar-refractivity contribution in [1.82, 2.24) is 4.90 Å². The van der Waals surface area contributed by atoms with Crippen LogP contribution in [0.1, 0.15) is 32.6 Å². The number of hydrogen-bond acceptors (Lipinski definition) is 3. The maximum Gasteiger partial charge on any atom is 0.222 e. The van der Waals surface area contributed by atoms with Crippen LogP contribution in [0.2, 0.25) is 0 Å². The van der Waals surface area contributed by atoms with Gasteiger partial charge in [-0.3, -0.25) is 4.79 Å². The van der Waals surface area contributed by atoms with Crippen LogP contribution in [-0.4, -0.2) is 49.2 Å². The van der Waals surface area contributed by atoms with Crippen LogP contribution in [0.15, 0.2) is 0 Å². The number of alkyl halides is 1. The summed E-state index contributed by atoms with van der Waals surface area (Å²) >= 11 is 5.56. The summed E-state index contributed by atoms with van der Waals surface area (Å²) in [7, 11) is -2.92. The molecule has 6 heteroatoms. The minimum atomic E-state index is -2.92. The van der Waals surface area contributed by atoms with Crippen molar-refractivity contribution < 1.29 is 13.2 Å². The van der Waals surface area contributed by atoms with Gasteiger partial charge in [0.15, 0.2) is 9.84 Å². The van der Waals surface area contributed by atoms with Gasteiger partial charge in [0.2, 0.25) is 5.91 Å². The van der Waals surface area contributed by atoms with Gasteiger partial charge in [-0.2, -0.15) is 0 Å². The van der Waals surface area contributed by atoms with Gasteiger partial charge in [-0.15, -0.1) is 11.6 Å². The minimum Gasteiger partial charge on any atom is -0.339 e. The summed E-state index contributed by atoms with van der Waals surface area (Å²) in [6, 6.07) is -0.117. The normalized spacial score (nSPS) is 22.6. The highest BCUT2D eigenvalue weighted by Crippen LogP contribution is 2.18. The minimum absolute atomic E-state index is 0.0553. The molecule has 1 aliphatic rings. The van der Waals surface area contributed by atoms with E-state index in [-0.39, 0.29) is 23.5 Å². The van der Waals surface area contributed by atoms with Crippen LogP contribution < -0.4 is 0 Å². The Kier molecular flexibility index (Phi) is 5.73. The summed E-state index contributed by atoms with van der Waals surface area (Å²) in [5.41, 5.74) is 0. The summed E-state index contributed by atoms with van der Waals surface area (Å²) in [5, 5.41) is 0. The number of carbonyl (C=O) groups excluding carboxylic acids is 1. The Bertz CT molecular complexity index is 356. The molecule has 17 heavy (non-hydrogen) atoms. The number of amides is 1. The molecule has 0 bridgehead atoms. The lowest BCUT2D eigenvalue weighted by Crippen LogP contribution is -2.40. The van der Waals surface area contributed by atoms with E-state index in [9.17, 15) is 13.2 Å². The van der Waals surface area contributed by atoms with Gasteiger partial charge in [-0.05, 0) is 26.2 Å². The lowest BCUT2D eigenvalue weighted by Gasteiger charge is -2.26. The Morgan fingerprint density at radius 2 is 2.12 bits per heavy atom. The Morgan fingerprint density at radius 1 is 1.41 bits per heavy atom. The molecule has 0 aromatic rings.